The van der Waals surface area contributed by atoms with E-state index < -0.39 is 17.7 Å². The van der Waals surface area contributed by atoms with E-state index in [-0.39, 0.29) is 24.7 Å². The van der Waals surface area contributed by atoms with Crippen molar-refractivity contribution in [3.8, 4) is 0 Å². The molecule has 3 N–H and O–H groups in total. The number of rotatable bonds is 11. The zero-order valence-corrected chi connectivity index (χ0v) is 19.7. The number of anilines is 2. The third-order valence-electron chi connectivity index (χ3n) is 5.67. The highest BCUT2D eigenvalue weighted by Crippen LogP contribution is 2.38. The zero-order chi connectivity index (χ0) is 23.8. The number of carbonyl (C=O) groups is 2. The van der Waals surface area contributed by atoms with Crippen LogP contribution in [0.5, 0.6) is 0 Å². The number of nitrogens with two attached hydrogens (primary N) is 1. The Hall–Kier alpha value is -2.80. The number of aryl methyl sites for hydroxylation is 1. The molecule has 0 aliphatic carbocycles. The van der Waals surface area contributed by atoms with Gasteiger partial charge in [0.15, 0.2) is 5.82 Å². The first-order chi connectivity index (χ1) is 15.3. The van der Waals surface area contributed by atoms with Crippen LogP contribution in [0.4, 0.5) is 15.8 Å². The van der Waals surface area contributed by atoms with Crippen LogP contribution in [0, 0.1) is 18.7 Å². The van der Waals surface area contributed by atoms with Crippen LogP contribution in [-0.2, 0) is 20.2 Å². The molecule has 2 atom stereocenters. The maximum atomic E-state index is 15.5. The summed E-state index contributed by atoms with van der Waals surface area (Å²) in [5, 5.41) is 3.05. The lowest BCUT2D eigenvalue weighted by Gasteiger charge is -2.29. The fourth-order valence-electron chi connectivity index (χ4n) is 3.80. The van der Waals surface area contributed by atoms with Crippen LogP contribution >= 0.6 is 11.6 Å². The second-order valence-electron chi connectivity index (χ2n) is 7.77. The second kappa shape index (κ2) is 11.7. The number of carbonyl (C=O) groups excluding carboxylic acids is 2. The van der Waals surface area contributed by atoms with Crippen LogP contribution in [0.25, 0.3) is 0 Å². The van der Waals surface area contributed by atoms with Gasteiger partial charge in [0, 0.05) is 31.3 Å². The highest BCUT2D eigenvalue weighted by atomic mass is 35.5. The molecular weight excluding hydrogens is 433 g/mol. The molecule has 0 aliphatic rings. The van der Waals surface area contributed by atoms with Crippen molar-refractivity contribution in [2.45, 2.75) is 32.6 Å². The number of benzene rings is 2. The van der Waals surface area contributed by atoms with E-state index in [1.165, 1.54) is 4.90 Å². The maximum Gasteiger partial charge on any atom is 0.293 e. The van der Waals surface area contributed by atoms with Gasteiger partial charge in [-0.25, -0.2) is 4.39 Å². The average molecular weight is 464 g/mol. The molecule has 0 heterocycles. The smallest absolute Gasteiger partial charge is 0.293 e. The molecule has 2 aromatic rings. The molecule has 0 spiro atoms. The molecule has 2 aromatic carbocycles. The van der Waals surface area contributed by atoms with Crippen LogP contribution in [0.2, 0.25) is 0 Å². The minimum absolute atomic E-state index is 0.0198. The summed E-state index contributed by atoms with van der Waals surface area (Å²) >= 11 is 6.11. The van der Waals surface area contributed by atoms with Gasteiger partial charge >= 0.3 is 0 Å². The molecule has 0 fully saturated rings. The fourth-order valence-corrected chi connectivity index (χ4v) is 4.09. The summed E-state index contributed by atoms with van der Waals surface area (Å²) in [5.74, 6) is -1.64. The lowest BCUT2D eigenvalue weighted by atomic mass is 9.79. The van der Waals surface area contributed by atoms with Gasteiger partial charge in [-0.2, -0.15) is 0 Å². The Balaban J connectivity index is 2.55. The zero-order valence-electron chi connectivity index (χ0n) is 19.0. The van der Waals surface area contributed by atoms with E-state index in [0.717, 1.165) is 16.7 Å². The van der Waals surface area contributed by atoms with E-state index in [2.05, 4.69) is 5.32 Å². The second-order valence-corrected chi connectivity index (χ2v) is 8.04. The molecule has 6 nitrogen and oxygen atoms in total. The summed E-state index contributed by atoms with van der Waals surface area (Å²) in [6, 6.07) is 9.14. The van der Waals surface area contributed by atoms with Crippen LogP contribution in [0.15, 0.2) is 30.3 Å². The Bertz CT molecular complexity index is 954. The van der Waals surface area contributed by atoms with Crippen LogP contribution < -0.4 is 11.1 Å². The van der Waals surface area contributed by atoms with Gasteiger partial charge in [-0.15, -0.1) is 11.6 Å². The standard InChI is InChI=1S/C24H31ClFN3O3/c1-5-28-20-9-8-19(22(26)23(20)27)21(17-7-6-15(2)18(12-17)13-25)16(3)24(31)29(4)10-11-32-14-30/h6-9,12,14,16,21,28H,5,10-11,13,27H2,1-4H3. The van der Waals surface area contributed by atoms with Gasteiger partial charge in [0.05, 0.1) is 17.9 Å². The van der Waals surface area contributed by atoms with Crippen molar-refractivity contribution in [1.82, 2.24) is 4.90 Å². The number of hydrogen-bond acceptors (Lipinski definition) is 5. The number of ether oxygens (including phenoxy) is 1. The van der Waals surface area contributed by atoms with E-state index in [0.29, 0.717) is 30.1 Å². The van der Waals surface area contributed by atoms with Gasteiger partial charge in [0.1, 0.15) is 6.61 Å². The number of amides is 1. The van der Waals surface area contributed by atoms with Crippen LogP contribution in [0.1, 0.15) is 42.0 Å². The summed E-state index contributed by atoms with van der Waals surface area (Å²) in [4.78, 5) is 25.1. The Morgan fingerprint density at radius 3 is 2.69 bits per heavy atom. The topological polar surface area (TPSA) is 84.7 Å². The number of halogens is 2. The fraction of sp³-hybridized carbons (Fsp3) is 0.417. The lowest BCUT2D eigenvalue weighted by Crippen LogP contribution is -2.37. The van der Waals surface area contributed by atoms with Gasteiger partial charge < -0.3 is 20.7 Å². The molecule has 0 saturated carbocycles. The minimum Gasteiger partial charge on any atom is -0.466 e. The minimum atomic E-state index is -0.610. The number of hydrogen-bond donors (Lipinski definition) is 2. The highest BCUT2D eigenvalue weighted by Gasteiger charge is 2.32. The third kappa shape index (κ3) is 5.71. The summed E-state index contributed by atoms with van der Waals surface area (Å²) in [6.07, 6.45) is 0. The number of nitrogens with zero attached hydrogens (tertiary/aromatic N) is 1. The number of likely N-dealkylation sites (N-methyl/N-ethyl adjacent to an activating group) is 1. The van der Waals surface area contributed by atoms with Crippen molar-refractivity contribution in [2.24, 2.45) is 5.92 Å². The molecule has 2 rings (SSSR count). The highest BCUT2D eigenvalue weighted by molar-refractivity contribution is 6.17. The first-order valence-corrected chi connectivity index (χ1v) is 11.1. The lowest BCUT2D eigenvalue weighted by molar-refractivity contribution is -0.137. The molecule has 174 valence electrons. The summed E-state index contributed by atoms with van der Waals surface area (Å²) < 4.78 is 20.2. The van der Waals surface area contributed by atoms with Crippen molar-refractivity contribution < 1.29 is 18.7 Å². The summed E-state index contributed by atoms with van der Waals surface area (Å²) in [7, 11) is 1.63. The predicted molar refractivity (Wildman–Crippen MR) is 126 cm³/mol. The van der Waals surface area contributed by atoms with Crippen molar-refractivity contribution in [3.63, 3.8) is 0 Å². The van der Waals surface area contributed by atoms with Gasteiger partial charge in [0.2, 0.25) is 5.91 Å². The third-order valence-corrected chi connectivity index (χ3v) is 5.95. The number of alkyl halides is 1. The van der Waals surface area contributed by atoms with Gasteiger partial charge in [0.25, 0.3) is 6.47 Å². The normalized spacial score (nSPS) is 12.7. The first kappa shape index (κ1) is 25.5. The largest absolute Gasteiger partial charge is 0.466 e. The van der Waals surface area contributed by atoms with Crippen LogP contribution in [-0.4, -0.2) is 44.0 Å². The quantitative estimate of drug-likeness (QED) is 0.225. The van der Waals surface area contributed by atoms with Crippen molar-refractivity contribution in [3.05, 3.63) is 58.4 Å². The Morgan fingerprint density at radius 1 is 1.34 bits per heavy atom. The first-order valence-electron chi connectivity index (χ1n) is 10.5. The van der Waals surface area contributed by atoms with E-state index >= 15 is 4.39 Å². The predicted octanol–water partition coefficient (Wildman–Crippen LogP) is 4.29. The summed E-state index contributed by atoms with van der Waals surface area (Å²) in [6.45, 7) is 6.88. The number of nitrogen functional groups attached to an aromatic ring is 1. The number of nitrogens with one attached hydrogen (secondary N) is 1. The Labute approximate surface area is 193 Å². The van der Waals surface area contributed by atoms with Crippen LogP contribution in [0.3, 0.4) is 0 Å². The van der Waals surface area contributed by atoms with Gasteiger partial charge in [-0.3, -0.25) is 9.59 Å². The van der Waals surface area contributed by atoms with Gasteiger partial charge in [-0.1, -0.05) is 31.2 Å². The SMILES string of the molecule is CCNc1ccc(C(c2ccc(C)c(CCl)c2)C(C)C(=O)N(C)CCOC=O)c(F)c1N. The van der Waals surface area contributed by atoms with Crippen molar-refractivity contribution in [2.75, 3.05) is 37.8 Å². The van der Waals surface area contributed by atoms with Crippen molar-refractivity contribution >= 4 is 35.4 Å². The summed E-state index contributed by atoms with van der Waals surface area (Å²) in [5.41, 5.74) is 9.67. The Morgan fingerprint density at radius 2 is 2.06 bits per heavy atom. The molecule has 2 unspecified atom stereocenters. The molecule has 1 amide bonds. The van der Waals surface area contributed by atoms with E-state index in [4.69, 9.17) is 22.1 Å². The van der Waals surface area contributed by atoms with E-state index in [1.54, 1.807) is 26.1 Å². The Kier molecular flexibility index (Phi) is 9.32. The molecule has 32 heavy (non-hydrogen) atoms. The molecule has 0 saturated heterocycles. The maximum absolute atomic E-state index is 15.5. The van der Waals surface area contributed by atoms with E-state index in [1.807, 2.05) is 32.0 Å². The molecule has 0 aromatic heterocycles. The molecule has 0 radical (unpaired) electrons. The van der Waals surface area contributed by atoms with Gasteiger partial charge in [-0.05, 0) is 42.2 Å². The molecule has 0 aliphatic heterocycles. The van der Waals surface area contributed by atoms with E-state index in [9.17, 15) is 9.59 Å². The molecular formula is C24H31ClFN3O3. The molecule has 0 bridgehead atoms. The molecule has 8 heteroatoms. The monoisotopic (exact) mass is 463 g/mol. The average Bonchev–Trinajstić information content (AvgIpc) is 2.79. The van der Waals surface area contributed by atoms with Crippen molar-refractivity contribution in [1.29, 1.82) is 0 Å².